The van der Waals surface area contributed by atoms with Gasteiger partial charge in [0.1, 0.15) is 0 Å². The third-order valence-electron chi connectivity index (χ3n) is 2.50. The molecule has 1 aromatic carbocycles. The molecule has 0 fully saturated rings. The minimum atomic E-state index is -0.487. The van der Waals surface area contributed by atoms with Gasteiger partial charge in [-0.05, 0) is 31.0 Å². The van der Waals surface area contributed by atoms with Crippen molar-refractivity contribution in [3.63, 3.8) is 0 Å². The Morgan fingerprint density at radius 3 is 2.62 bits per heavy atom. The molecular weight excluding hydrogens is 218 g/mol. The molecule has 0 spiro atoms. The summed E-state index contributed by atoms with van der Waals surface area (Å²) >= 11 is 1.72. The van der Waals surface area contributed by atoms with Gasteiger partial charge in [-0.25, -0.2) is 0 Å². The first-order valence-electron chi connectivity index (χ1n) is 5.47. The Balaban J connectivity index is 3.06. The number of rotatable bonds is 4. The highest BCUT2D eigenvalue weighted by atomic mass is 32.2. The summed E-state index contributed by atoms with van der Waals surface area (Å²) in [4.78, 5) is 1.02. The fraction of sp³-hybridized carbons (Fsp3) is 0.462. The van der Waals surface area contributed by atoms with E-state index in [1.807, 2.05) is 12.1 Å². The van der Waals surface area contributed by atoms with E-state index in [1.54, 1.807) is 24.8 Å². The van der Waals surface area contributed by atoms with Gasteiger partial charge in [0.2, 0.25) is 0 Å². The zero-order valence-corrected chi connectivity index (χ0v) is 10.7. The van der Waals surface area contributed by atoms with Crippen LogP contribution in [-0.4, -0.2) is 10.4 Å². The van der Waals surface area contributed by atoms with Gasteiger partial charge in [0.05, 0.1) is 17.7 Å². The molecule has 0 amide bonds. The highest BCUT2D eigenvalue weighted by Crippen LogP contribution is 2.32. The van der Waals surface area contributed by atoms with Crippen molar-refractivity contribution < 1.29 is 5.11 Å². The summed E-state index contributed by atoms with van der Waals surface area (Å²) in [6.45, 7) is 6.03. The van der Waals surface area contributed by atoms with Gasteiger partial charge in [-0.3, -0.25) is 0 Å². The Hall–Kier alpha value is -0.980. The molecule has 2 nitrogen and oxygen atoms in total. The smallest absolute Gasteiger partial charge is 0.0992 e. The van der Waals surface area contributed by atoms with Crippen molar-refractivity contribution in [3.8, 4) is 6.07 Å². The second-order valence-corrected chi connectivity index (χ2v) is 5.36. The number of hydrogen-bond donors (Lipinski definition) is 1. The second-order valence-electron chi connectivity index (χ2n) is 3.88. The second kappa shape index (κ2) is 5.93. The van der Waals surface area contributed by atoms with Gasteiger partial charge < -0.3 is 5.11 Å². The van der Waals surface area contributed by atoms with Crippen molar-refractivity contribution in [3.05, 3.63) is 29.3 Å². The van der Waals surface area contributed by atoms with Crippen molar-refractivity contribution in [2.45, 2.75) is 43.4 Å². The molecule has 1 aromatic rings. The third kappa shape index (κ3) is 3.26. The van der Waals surface area contributed by atoms with E-state index >= 15 is 0 Å². The number of aliphatic hydroxyl groups excluding tert-OH is 1. The maximum absolute atomic E-state index is 9.66. The average Bonchev–Trinajstić information content (AvgIpc) is 2.28. The van der Waals surface area contributed by atoms with E-state index in [-0.39, 0.29) is 0 Å². The first-order valence-corrected chi connectivity index (χ1v) is 6.35. The number of aliphatic hydroxyl groups is 1. The van der Waals surface area contributed by atoms with Crippen LogP contribution in [0.25, 0.3) is 0 Å². The van der Waals surface area contributed by atoms with Crippen LogP contribution in [0.1, 0.15) is 44.4 Å². The molecule has 1 unspecified atom stereocenters. The molecule has 2 atom stereocenters. The zero-order chi connectivity index (χ0) is 12.1. The maximum Gasteiger partial charge on any atom is 0.0992 e. The van der Waals surface area contributed by atoms with Crippen LogP contribution in [0.3, 0.4) is 0 Å². The fourth-order valence-electron chi connectivity index (χ4n) is 1.35. The first-order chi connectivity index (χ1) is 7.58. The molecule has 1 rings (SSSR count). The highest BCUT2D eigenvalue weighted by molar-refractivity contribution is 8.00. The molecule has 16 heavy (non-hydrogen) atoms. The predicted octanol–water partition coefficient (Wildman–Crippen LogP) is 3.50. The highest BCUT2D eigenvalue weighted by Gasteiger charge is 2.11. The monoisotopic (exact) mass is 235 g/mol. The van der Waals surface area contributed by atoms with Gasteiger partial charge >= 0.3 is 0 Å². The lowest BCUT2D eigenvalue weighted by Crippen LogP contribution is -1.99. The minimum Gasteiger partial charge on any atom is -0.389 e. The van der Waals surface area contributed by atoms with Crippen LogP contribution in [0.5, 0.6) is 0 Å². The third-order valence-corrected chi connectivity index (χ3v) is 3.84. The van der Waals surface area contributed by atoms with Gasteiger partial charge in [0, 0.05) is 10.1 Å². The summed E-state index contributed by atoms with van der Waals surface area (Å²) in [7, 11) is 0. The SMILES string of the molecule is CCC(C)Sc1cc(C#N)ccc1[C@H](C)O. The summed E-state index contributed by atoms with van der Waals surface area (Å²) in [5.74, 6) is 0. The Morgan fingerprint density at radius 1 is 1.44 bits per heavy atom. The molecule has 0 heterocycles. The molecule has 0 aromatic heterocycles. The molecule has 86 valence electrons. The first kappa shape index (κ1) is 13.1. The molecular formula is C13H17NOS. The Labute approximate surface area is 101 Å². The normalized spacial score (nSPS) is 14.2. The van der Waals surface area contributed by atoms with Crippen LogP contribution in [0.15, 0.2) is 23.1 Å². The van der Waals surface area contributed by atoms with Gasteiger partial charge in [-0.2, -0.15) is 5.26 Å². The van der Waals surface area contributed by atoms with Crippen LogP contribution >= 0.6 is 11.8 Å². The predicted molar refractivity (Wildman–Crippen MR) is 67.4 cm³/mol. The van der Waals surface area contributed by atoms with E-state index in [2.05, 4.69) is 19.9 Å². The number of nitrogens with zero attached hydrogens (tertiary/aromatic N) is 1. The van der Waals surface area contributed by atoms with Crippen LogP contribution < -0.4 is 0 Å². The summed E-state index contributed by atoms with van der Waals surface area (Å²) < 4.78 is 0. The van der Waals surface area contributed by atoms with Crippen LogP contribution in [0.4, 0.5) is 0 Å². The van der Waals surface area contributed by atoms with E-state index in [0.29, 0.717) is 10.8 Å². The largest absolute Gasteiger partial charge is 0.389 e. The van der Waals surface area contributed by atoms with Crippen molar-refractivity contribution in [1.82, 2.24) is 0 Å². The Morgan fingerprint density at radius 2 is 2.12 bits per heavy atom. The lowest BCUT2D eigenvalue weighted by molar-refractivity contribution is 0.196. The van der Waals surface area contributed by atoms with Crippen molar-refractivity contribution in [2.75, 3.05) is 0 Å². The summed E-state index contributed by atoms with van der Waals surface area (Å²) in [5.41, 5.74) is 1.56. The molecule has 0 aliphatic carbocycles. The minimum absolute atomic E-state index is 0.487. The fourth-order valence-corrected chi connectivity index (χ4v) is 2.52. The Kier molecular flexibility index (Phi) is 4.85. The average molecular weight is 235 g/mol. The van der Waals surface area contributed by atoms with E-state index < -0.39 is 6.10 Å². The quantitative estimate of drug-likeness (QED) is 0.812. The van der Waals surface area contributed by atoms with Gasteiger partial charge in [-0.15, -0.1) is 11.8 Å². The summed E-state index contributed by atoms with van der Waals surface area (Å²) in [6, 6.07) is 7.58. The van der Waals surface area contributed by atoms with Gasteiger partial charge in [-0.1, -0.05) is 19.9 Å². The van der Waals surface area contributed by atoms with E-state index in [9.17, 15) is 5.11 Å². The topological polar surface area (TPSA) is 44.0 Å². The van der Waals surface area contributed by atoms with Gasteiger partial charge in [0.15, 0.2) is 0 Å². The zero-order valence-electron chi connectivity index (χ0n) is 9.90. The van der Waals surface area contributed by atoms with Crippen LogP contribution in [0, 0.1) is 11.3 Å². The number of hydrogen-bond acceptors (Lipinski definition) is 3. The van der Waals surface area contributed by atoms with Crippen LogP contribution in [0.2, 0.25) is 0 Å². The standard InChI is InChI=1S/C13H17NOS/c1-4-9(2)16-13-7-11(8-14)5-6-12(13)10(3)15/h5-7,9-10,15H,4H2,1-3H3/t9?,10-/m0/s1. The molecule has 1 N–H and O–H groups in total. The van der Waals surface area contributed by atoms with Crippen molar-refractivity contribution >= 4 is 11.8 Å². The summed E-state index contributed by atoms with van der Waals surface area (Å²) in [5, 5.41) is 19.0. The lowest BCUT2D eigenvalue weighted by Gasteiger charge is -2.15. The molecule has 0 saturated carbocycles. The summed E-state index contributed by atoms with van der Waals surface area (Å²) in [6.07, 6.45) is 0.583. The number of nitriles is 1. The number of benzene rings is 1. The molecule has 0 radical (unpaired) electrons. The maximum atomic E-state index is 9.66. The Bertz CT molecular complexity index is 395. The van der Waals surface area contributed by atoms with E-state index in [0.717, 1.165) is 16.9 Å². The van der Waals surface area contributed by atoms with Gasteiger partial charge in [0.25, 0.3) is 0 Å². The lowest BCUT2D eigenvalue weighted by atomic mass is 10.1. The van der Waals surface area contributed by atoms with E-state index in [1.165, 1.54) is 0 Å². The van der Waals surface area contributed by atoms with Crippen LogP contribution in [-0.2, 0) is 0 Å². The molecule has 0 saturated heterocycles. The van der Waals surface area contributed by atoms with Crippen molar-refractivity contribution in [1.29, 1.82) is 5.26 Å². The van der Waals surface area contributed by atoms with E-state index in [4.69, 9.17) is 5.26 Å². The molecule has 0 aliphatic rings. The molecule has 0 bridgehead atoms. The number of thioether (sulfide) groups is 1. The molecule has 0 aliphatic heterocycles. The van der Waals surface area contributed by atoms with Crippen molar-refractivity contribution in [2.24, 2.45) is 0 Å². The molecule has 3 heteroatoms.